The van der Waals surface area contributed by atoms with Gasteiger partial charge < -0.3 is 14.4 Å². The third-order valence-corrected chi connectivity index (χ3v) is 5.74. The zero-order valence-corrected chi connectivity index (χ0v) is 18.0. The summed E-state index contributed by atoms with van der Waals surface area (Å²) in [4.78, 5) is 32.6. The zero-order chi connectivity index (χ0) is 21.8. The second kappa shape index (κ2) is 9.20. The van der Waals surface area contributed by atoms with Crippen LogP contribution in [-0.4, -0.2) is 42.8 Å². The minimum atomic E-state index is -0.442. The van der Waals surface area contributed by atoms with Crippen molar-refractivity contribution in [2.45, 2.75) is 32.2 Å². The summed E-state index contributed by atoms with van der Waals surface area (Å²) in [5.41, 5.74) is 1.78. The van der Waals surface area contributed by atoms with Crippen molar-refractivity contribution in [1.29, 1.82) is 0 Å². The highest BCUT2D eigenvalue weighted by atomic mass is 16.5. The van der Waals surface area contributed by atoms with Gasteiger partial charge in [0, 0.05) is 13.1 Å². The van der Waals surface area contributed by atoms with Crippen LogP contribution in [0, 0.1) is 0 Å². The van der Waals surface area contributed by atoms with E-state index in [0.717, 1.165) is 37.2 Å². The summed E-state index contributed by atoms with van der Waals surface area (Å²) >= 11 is 0. The molecule has 4 rings (SSSR count). The molecule has 1 aromatic heterocycles. The Morgan fingerprint density at radius 1 is 1.00 bits per heavy atom. The summed E-state index contributed by atoms with van der Waals surface area (Å²) in [5.74, 6) is 0.982. The third-order valence-electron chi connectivity index (χ3n) is 5.74. The lowest BCUT2D eigenvalue weighted by Crippen LogP contribution is -2.34. The molecule has 162 valence electrons. The normalized spacial score (nSPS) is 14.3. The lowest BCUT2D eigenvalue weighted by atomic mass is 10.1. The van der Waals surface area contributed by atoms with E-state index in [0.29, 0.717) is 29.0 Å². The highest BCUT2D eigenvalue weighted by Gasteiger charge is 2.20. The van der Waals surface area contributed by atoms with E-state index in [4.69, 9.17) is 14.5 Å². The lowest BCUT2D eigenvalue weighted by Gasteiger charge is -2.25. The molecule has 0 N–H and O–H groups in total. The fraction of sp³-hybridized carbons (Fsp3) is 0.375. The van der Waals surface area contributed by atoms with Gasteiger partial charge in [-0.1, -0.05) is 25.0 Å². The number of hydrogen-bond donors (Lipinski definition) is 0. The number of rotatable bonds is 5. The van der Waals surface area contributed by atoms with Gasteiger partial charge in [0.1, 0.15) is 5.75 Å². The van der Waals surface area contributed by atoms with Gasteiger partial charge in [0.25, 0.3) is 5.56 Å². The van der Waals surface area contributed by atoms with Crippen molar-refractivity contribution in [2.75, 3.05) is 32.2 Å². The number of ether oxygens (including phenoxy) is 2. The number of nitrogens with zero attached hydrogens (tertiary/aromatic N) is 3. The Morgan fingerprint density at radius 2 is 1.71 bits per heavy atom. The molecule has 3 aromatic rings. The van der Waals surface area contributed by atoms with Crippen molar-refractivity contribution < 1.29 is 14.3 Å². The van der Waals surface area contributed by atoms with Crippen molar-refractivity contribution in [3.05, 3.63) is 63.9 Å². The van der Waals surface area contributed by atoms with Crippen molar-refractivity contribution in [3.63, 3.8) is 0 Å². The van der Waals surface area contributed by atoms with Crippen LogP contribution < -0.4 is 15.2 Å². The van der Waals surface area contributed by atoms with Crippen LogP contribution >= 0.6 is 0 Å². The molecule has 0 spiro atoms. The predicted molar refractivity (Wildman–Crippen MR) is 120 cm³/mol. The SMILES string of the molecule is COC(=O)c1ccc2c(=O)n(Cc3ccc(OC)cc3)c(N3CCCCCC3)nc2c1. The van der Waals surface area contributed by atoms with Gasteiger partial charge in [-0.2, -0.15) is 0 Å². The van der Waals surface area contributed by atoms with E-state index in [1.807, 2.05) is 24.3 Å². The van der Waals surface area contributed by atoms with Gasteiger partial charge >= 0.3 is 5.97 Å². The van der Waals surface area contributed by atoms with Crippen LogP contribution in [0.15, 0.2) is 47.3 Å². The molecular weight excluding hydrogens is 394 g/mol. The molecule has 7 heteroatoms. The fourth-order valence-corrected chi connectivity index (χ4v) is 4.02. The van der Waals surface area contributed by atoms with Gasteiger partial charge in [-0.05, 0) is 48.7 Å². The maximum atomic E-state index is 13.5. The van der Waals surface area contributed by atoms with Crippen LogP contribution in [-0.2, 0) is 11.3 Å². The summed E-state index contributed by atoms with van der Waals surface area (Å²) in [6.45, 7) is 2.13. The Bertz CT molecular complexity index is 1130. The minimum Gasteiger partial charge on any atom is -0.497 e. The first kappa shape index (κ1) is 20.9. The van der Waals surface area contributed by atoms with Gasteiger partial charge in [0.15, 0.2) is 0 Å². The fourth-order valence-electron chi connectivity index (χ4n) is 4.02. The molecule has 2 aromatic carbocycles. The number of anilines is 1. The molecular formula is C24H27N3O4. The molecule has 31 heavy (non-hydrogen) atoms. The molecule has 1 saturated heterocycles. The number of carbonyl (C=O) groups is 1. The number of aromatic nitrogens is 2. The highest BCUT2D eigenvalue weighted by Crippen LogP contribution is 2.22. The lowest BCUT2D eigenvalue weighted by molar-refractivity contribution is 0.0601. The molecule has 0 bridgehead atoms. The molecule has 7 nitrogen and oxygen atoms in total. The molecule has 1 aliphatic heterocycles. The second-order valence-corrected chi connectivity index (χ2v) is 7.78. The smallest absolute Gasteiger partial charge is 0.337 e. The Balaban J connectivity index is 1.84. The van der Waals surface area contributed by atoms with E-state index in [2.05, 4.69) is 4.90 Å². The quantitative estimate of drug-likeness (QED) is 0.586. The average Bonchev–Trinajstić information content (AvgIpc) is 3.10. The standard InChI is InChI=1S/C24H27N3O4/c1-30-19-10-7-17(8-11-19)16-27-22(28)20-12-9-18(23(29)31-2)15-21(20)25-24(27)26-13-5-3-4-6-14-26/h7-12,15H,3-6,13-14,16H2,1-2H3. The van der Waals surface area contributed by atoms with Crippen LogP contribution in [0.25, 0.3) is 10.9 Å². The topological polar surface area (TPSA) is 73.7 Å². The van der Waals surface area contributed by atoms with Crippen LogP contribution in [0.3, 0.4) is 0 Å². The average molecular weight is 421 g/mol. The van der Waals surface area contributed by atoms with E-state index in [9.17, 15) is 9.59 Å². The number of methoxy groups -OCH3 is 2. The Morgan fingerprint density at radius 3 is 2.35 bits per heavy atom. The maximum absolute atomic E-state index is 13.5. The number of esters is 1. The molecule has 0 amide bonds. The van der Waals surface area contributed by atoms with Crippen LogP contribution in [0.1, 0.15) is 41.6 Å². The molecule has 0 radical (unpaired) electrons. The summed E-state index contributed by atoms with van der Waals surface area (Å²) in [6.07, 6.45) is 4.50. The maximum Gasteiger partial charge on any atom is 0.337 e. The first-order valence-electron chi connectivity index (χ1n) is 10.6. The number of carbonyl (C=O) groups excluding carboxylic acids is 1. The van der Waals surface area contributed by atoms with Crippen LogP contribution in [0.4, 0.5) is 5.95 Å². The Hall–Kier alpha value is -3.35. The van der Waals surface area contributed by atoms with Crippen LogP contribution in [0.2, 0.25) is 0 Å². The van der Waals surface area contributed by atoms with Gasteiger partial charge in [-0.15, -0.1) is 0 Å². The summed E-state index contributed by atoms with van der Waals surface area (Å²) in [6, 6.07) is 12.6. The van der Waals surface area contributed by atoms with E-state index >= 15 is 0 Å². The van der Waals surface area contributed by atoms with E-state index < -0.39 is 5.97 Å². The third kappa shape index (κ3) is 4.40. The molecule has 0 saturated carbocycles. The van der Waals surface area contributed by atoms with Gasteiger partial charge in [-0.3, -0.25) is 9.36 Å². The van der Waals surface area contributed by atoms with Gasteiger partial charge in [0.2, 0.25) is 5.95 Å². The molecule has 0 unspecified atom stereocenters. The van der Waals surface area contributed by atoms with Crippen molar-refractivity contribution in [2.24, 2.45) is 0 Å². The molecule has 0 aliphatic carbocycles. The minimum absolute atomic E-state index is 0.114. The summed E-state index contributed by atoms with van der Waals surface area (Å²) in [5, 5.41) is 0.486. The molecule has 1 aliphatic rings. The highest BCUT2D eigenvalue weighted by molar-refractivity contribution is 5.94. The number of benzene rings is 2. The second-order valence-electron chi connectivity index (χ2n) is 7.78. The van der Waals surface area contributed by atoms with E-state index in [1.165, 1.54) is 20.0 Å². The Kier molecular flexibility index (Phi) is 6.21. The predicted octanol–water partition coefficient (Wildman–Crippen LogP) is 3.62. The van der Waals surface area contributed by atoms with E-state index in [1.54, 1.807) is 29.9 Å². The van der Waals surface area contributed by atoms with Crippen molar-refractivity contribution >= 4 is 22.8 Å². The molecule has 2 heterocycles. The van der Waals surface area contributed by atoms with Crippen molar-refractivity contribution in [1.82, 2.24) is 9.55 Å². The molecule has 1 fully saturated rings. The monoisotopic (exact) mass is 421 g/mol. The molecule has 0 atom stereocenters. The number of hydrogen-bond acceptors (Lipinski definition) is 6. The first-order valence-corrected chi connectivity index (χ1v) is 10.6. The van der Waals surface area contributed by atoms with Crippen molar-refractivity contribution in [3.8, 4) is 5.75 Å². The largest absolute Gasteiger partial charge is 0.497 e. The Labute approximate surface area is 181 Å². The van der Waals surface area contributed by atoms with E-state index in [-0.39, 0.29) is 5.56 Å². The zero-order valence-electron chi connectivity index (χ0n) is 18.0. The van der Waals surface area contributed by atoms with Gasteiger partial charge in [-0.25, -0.2) is 9.78 Å². The first-order chi connectivity index (χ1) is 15.1. The van der Waals surface area contributed by atoms with Crippen LogP contribution in [0.5, 0.6) is 5.75 Å². The summed E-state index contributed by atoms with van der Waals surface area (Å²) < 4.78 is 11.8. The van der Waals surface area contributed by atoms with Gasteiger partial charge in [0.05, 0.1) is 37.2 Å². The number of fused-ring (bicyclic) bond motifs is 1. The summed E-state index contributed by atoms with van der Waals surface area (Å²) in [7, 11) is 2.97.